The van der Waals surface area contributed by atoms with Crippen molar-refractivity contribution in [2.45, 2.75) is 46.7 Å². The van der Waals surface area contributed by atoms with Gasteiger partial charge in [0.05, 0.1) is 0 Å². The van der Waals surface area contributed by atoms with Crippen LogP contribution in [-0.2, 0) is 27.5 Å². The predicted molar refractivity (Wildman–Crippen MR) is 125 cm³/mol. The van der Waals surface area contributed by atoms with E-state index in [0.29, 0.717) is 0 Å². The van der Waals surface area contributed by atoms with E-state index in [9.17, 15) is 9.59 Å². The number of rotatable bonds is 4. The molecule has 172 valence electrons. The van der Waals surface area contributed by atoms with E-state index in [-0.39, 0.29) is 20.6 Å². The SMILES string of the molecule is C.C#C[C@@H](C)O.CC(O)C#CC(=O)OCc1ccccc1.O=C(Cl)OCc1ccccc1. The zero-order valence-corrected chi connectivity index (χ0v) is 18.1. The predicted octanol–water partition coefficient (Wildman–Crippen LogP) is 4.31. The van der Waals surface area contributed by atoms with Gasteiger partial charge in [0.15, 0.2) is 0 Å². The minimum Gasteiger partial charge on any atom is -0.451 e. The number of terminal acetylenes is 1. The smallest absolute Gasteiger partial charge is 0.404 e. The molecule has 0 saturated heterocycles. The van der Waals surface area contributed by atoms with Crippen molar-refractivity contribution in [1.29, 1.82) is 0 Å². The Balaban J connectivity index is 0. The monoisotopic (exact) mass is 460 g/mol. The summed E-state index contributed by atoms with van der Waals surface area (Å²) in [6.45, 7) is 3.47. The second-order valence-corrected chi connectivity index (χ2v) is 6.17. The van der Waals surface area contributed by atoms with E-state index in [1.54, 1.807) is 6.92 Å². The minimum atomic E-state index is -0.811. The van der Waals surface area contributed by atoms with Crippen molar-refractivity contribution in [2.75, 3.05) is 0 Å². The summed E-state index contributed by atoms with van der Waals surface area (Å²) < 4.78 is 9.41. The number of benzene rings is 2. The van der Waals surface area contributed by atoms with Crippen LogP contribution in [0.3, 0.4) is 0 Å². The van der Waals surface area contributed by atoms with Gasteiger partial charge in [-0.05, 0) is 25.0 Å². The third-order valence-corrected chi connectivity index (χ3v) is 3.14. The molecule has 0 amide bonds. The number of aliphatic hydroxyl groups is 2. The molecule has 0 fully saturated rings. The Morgan fingerprint density at radius 1 is 0.906 bits per heavy atom. The van der Waals surface area contributed by atoms with Crippen LogP contribution in [0, 0.1) is 24.2 Å². The molecule has 6 nitrogen and oxygen atoms in total. The number of hydrogen-bond acceptors (Lipinski definition) is 6. The highest BCUT2D eigenvalue weighted by Crippen LogP contribution is 2.02. The average Bonchev–Trinajstić information content (AvgIpc) is 2.77. The van der Waals surface area contributed by atoms with Crippen molar-refractivity contribution in [3.63, 3.8) is 0 Å². The van der Waals surface area contributed by atoms with Gasteiger partial charge in [0.2, 0.25) is 0 Å². The zero-order chi connectivity index (χ0) is 23.5. The highest BCUT2D eigenvalue weighted by molar-refractivity contribution is 6.61. The Morgan fingerprint density at radius 2 is 1.31 bits per heavy atom. The van der Waals surface area contributed by atoms with Crippen LogP contribution < -0.4 is 0 Å². The summed E-state index contributed by atoms with van der Waals surface area (Å²) in [6, 6.07) is 18.7. The maximum atomic E-state index is 11.0. The summed E-state index contributed by atoms with van der Waals surface area (Å²) in [4.78, 5) is 21.2. The first kappa shape index (κ1) is 30.9. The standard InChI is InChI=1S/C12H12O3.C8H7ClO2.C4H6O.CH4/c1-10(13)7-8-12(14)15-9-11-5-3-2-4-6-11;9-8(10)11-6-7-4-2-1-3-5-7;1-3-4(2)5;/h2-6,10,13H,9H2,1H3;1-5H,6H2;1,4-5H,2H3;1H4/t;;4-;/m..1./s1. The summed E-state index contributed by atoms with van der Waals surface area (Å²) in [6.07, 6.45) is 3.27. The van der Waals surface area contributed by atoms with Crippen LogP contribution in [0.15, 0.2) is 60.7 Å². The molecule has 2 aromatic carbocycles. The Bertz CT molecular complexity index is 862. The molecule has 0 aliphatic rings. The molecule has 32 heavy (non-hydrogen) atoms. The molecule has 0 radical (unpaired) electrons. The normalized spacial score (nSPS) is 10.4. The average molecular weight is 461 g/mol. The fraction of sp³-hybridized carbons (Fsp3) is 0.280. The van der Waals surface area contributed by atoms with Crippen molar-refractivity contribution in [2.24, 2.45) is 0 Å². The lowest BCUT2D eigenvalue weighted by molar-refractivity contribution is -0.137. The van der Waals surface area contributed by atoms with Gasteiger partial charge >= 0.3 is 11.4 Å². The third-order valence-electron chi connectivity index (χ3n) is 3.03. The second kappa shape index (κ2) is 19.7. The first-order valence-electron chi connectivity index (χ1n) is 9.15. The number of aliphatic hydroxyl groups excluding tert-OH is 2. The molecular weight excluding hydrogens is 432 g/mol. The minimum absolute atomic E-state index is 0. The summed E-state index contributed by atoms with van der Waals surface area (Å²) in [5, 5.41) is 16.9. The zero-order valence-electron chi connectivity index (χ0n) is 17.3. The first-order valence-corrected chi connectivity index (χ1v) is 9.53. The van der Waals surface area contributed by atoms with Crippen LogP contribution in [0.1, 0.15) is 32.4 Å². The molecule has 2 aromatic rings. The lowest BCUT2D eigenvalue weighted by Crippen LogP contribution is -2.03. The Labute approximate surface area is 195 Å². The van der Waals surface area contributed by atoms with E-state index in [1.807, 2.05) is 60.7 Å². The van der Waals surface area contributed by atoms with Crippen molar-refractivity contribution in [1.82, 2.24) is 0 Å². The fourth-order valence-electron chi connectivity index (χ4n) is 1.64. The van der Waals surface area contributed by atoms with Crippen molar-refractivity contribution in [3.8, 4) is 24.2 Å². The molecule has 1 unspecified atom stereocenters. The van der Waals surface area contributed by atoms with Crippen LogP contribution in [0.4, 0.5) is 4.79 Å². The van der Waals surface area contributed by atoms with Gasteiger partial charge in [0.1, 0.15) is 25.4 Å². The molecule has 7 heteroatoms. The van der Waals surface area contributed by atoms with Crippen molar-refractivity contribution >= 4 is 23.0 Å². The van der Waals surface area contributed by atoms with Crippen molar-refractivity contribution in [3.05, 3.63) is 71.8 Å². The molecule has 0 spiro atoms. The number of halogens is 1. The number of esters is 1. The van der Waals surface area contributed by atoms with Crippen LogP contribution in [0.2, 0.25) is 0 Å². The van der Waals surface area contributed by atoms with Crippen LogP contribution in [-0.4, -0.2) is 33.8 Å². The van der Waals surface area contributed by atoms with Gasteiger partial charge < -0.3 is 19.7 Å². The van der Waals surface area contributed by atoms with Crippen LogP contribution in [0.5, 0.6) is 0 Å². The molecule has 0 aliphatic carbocycles. The molecule has 2 atom stereocenters. The highest BCUT2D eigenvalue weighted by Gasteiger charge is 1.98. The Kier molecular flexibility index (Phi) is 19.0. The van der Waals surface area contributed by atoms with Gasteiger partial charge in [-0.15, -0.1) is 6.42 Å². The van der Waals surface area contributed by atoms with Gasteiger partial charge in [-0.1, -0.05) is 79.9 Å². The van der Waals surface area contributed by atoms with E-state index in [1.165, 1.54) is 6.92 Å². The first-order chi connectivity index (χ1) is 14.7. The highest BCUT2D eigenvalue weighted by atomic mass is 35.5. The fourth-order valence-corrected chi connectivity index (χ4v) is 1.69. The van der Waals surface area contributed by atoms with E-state index >= 15 is 0 Å². The second-order valence-electron chi connectivity index (χ2n) is 5.86. The lowest BCUT2D eigenvalue weighted by Gasteiger charge is -1.99. The number of carbonyl (C=O) groups is 2. The third kappa shape index (κ3) is 20.0. The largest absolute Gasteiger partial charge is 0.451 e. The molecule has 0 heterocycles. The lowest BCUT2D eigenvalue weighted by atomic mass is 10.2. The van der Waals surface area contributed by atoms with Gasteiger partial charge in [0, 0.05) is 17.5 Å². The molecule has 2 N–H and O–H groups in total. The molecule has 0 aromatic heterocycles. The molecule has 0 aliphatic heterocycles. The molecule has 0 bridgehead atoms. The number of hydrogen-bond donors (Lipinski definition) is 2. The van der Waals surface area contributed by atoms with Crippen molar-refractivity contribution < 1.29 is 29.3 Å². The maximum absolute atomic E-state index is 11.0. The van der Waals surface area contributed by atoms with E-state index < -0.39 is 23.6 Å². The molecular formula is C25H29ClO6. The number of carbonyl (C=O) groups excluding carboxylic acids is 2. The van der Waals surface area contributed by atoms with Gasteiger partial charge in [-0.2, -0.15) is 0 Å². The van der Waals surface area contributed by atoms with E-state index in [4.69, 9.17) is 26.6 Å². The summed E-state index contributed by atoms with van der Waals surface area (Å²) in [5.74, 6) is 5.96. The topological polar surface area (TPSA) is 93.1 Å². The summed E-state index contributed by atoms with van der Waals surface area (Å²) in [5.41, 5.74) is 1.07. The maximum Gasteiger partial charge on any atom is 0.404 e. The van der Waals surface area contributed by atoms with Crippen LogP contribution >= 0.6 is 11.6 Å². The molecule has 2 rings (SSSR count). The van der Waals surface area contributed by atoms with E-state index in [2.05, 4.69) is 28.9 Å². The van der Waals surface area contributed by atoms with Gasteiger partial charge in [-0.3, -0.25) is 0 Å². The van der Waals surface area contributed by atoms with Gasteiger partial charge in [0.25, 0.3) is 0 Å². The summed E-state index contributed by atoms with van der Waals surface area (Å²) in [7, 11) is 0. The number of ether oxygens (including phenoxy) is 2. The van der Waals surface area contributed by atoms with Gasteiger partial charge in [-0.25, -0.2) is 9.59 Å². The quantitative estimate of drug-likeness (QED) is 0.305. The van der Waals surface area contributed by atoms with E-state index in [0.717, 1.165) is 11.1 Å². The Morgan fingerprint density at radius 3 is 1.66 bits per heavy atom. The Hall–Kier alpha value is -3.29. The summed E-state index contributed by atoms with van der Waals surface area (Å²) >= 11 is 4.97. The van der Waals surface area contributed by atoms with Crippen LogP contribution in [0.25, 0.3) is 0 Å². The molecule has 0 saturated carbocycles.